The highest BCUT2D eigenvalue weighted by molar-refractivity contribution is 6.06. The van der Waals surface area contributed by atoms with Gasteiger partial charge in [-0.2, -0.15) is 0 Å². The van der Waals surface area contributed by atoms with Gasteiger partial charge >= 0.3 is 0 Å². The van der Waals surface area contributed by atoms with Gasteiger partial charge in [0.25, 0.3) is 11.6 Å². The molecule has 2 aromatic rings. The summed E-state index contributed by atoms with van der Waals surface area (Å²) in [6.45, 7) is 5.40. The van der Waals surface area contributed by atoms with Crippen molar-refractivity contribution in [2.24, 2.45) is 10.7 Å². The maximum atomic E-state index is 12.4. The molecule has 0 aliphatic heterocycles. The van der Waals surface area contributed by atoms with Crippen molar-refractivity contribution in [3.63, 3.8) is 0 Å². The van der Waals surface area contributed by atoms with Crippen LogP contribution in [0.15, 0.2) is 35.3 Å². The van der Waals surface area contributed by atoms with Gasteiger partial charge < -0.3 is 10.5 Å². The van der Waals surface area contributed by atoms with E-state index >= 15 is 0 Å². The molecule has 0 aliphatic carbocycles. The first-order chi connectivity index (χ1) is 12.2. The highest BCUT2D eigenvalue weighted by Gasteiger charge is 2.13. The van der Waals surface area contributed by atoms with E-state index < -0.39 is 10.8 Å². The van der Waals surface area contributed by atoms with E-state index in [-0.39, 0.29) is 17.3 Å². The Kier molecular flexibility index (Phi) is 5.56. The number of methoxy groups -OCH3 is 1. The number of benzene rings is 2. The molecule has 8 heteroatoms. The predicted octanol–water partition coefficient (Wildman–Crippen LogP) is 2.90. The number of nitro groups is 1. The Morgan fingerprint density at radius 3 is 2.50 bits per heavy atom. The Bertz CT molecular complexity index is 906. The molecular weight excluding hydrogens is 336 g/mol. The maximum Gasteiger partial charge on any atom is 0.274 e. The van der Waals surface area contributed by atoms with E-state index in [1.807, 2.05) is 13.8 Å². The minimum atomic E-state index is -0.496. The van der Waals surface area contributed by atoms with Crippen molar-refractivity contribution in [1.82, 2.24) is 5.32 Å². The van der Waals surface area contributed by atoms with Crippen molar-refractivity contribution in [1.29, 1.82) is 0 Å². The molecule has 0 aromatic heterocycles. The number of ether oxygens (including phenoxy) is 1. The van der Waals surface area contributed by atoms with Crippen molar-refractivity contribution in [3.05, 3.63) is 62.7 Å². The fraction of sp³-hybridized carbons (Fsp3) is 0.222. The summed E-state index contributed by atoms with van der Waals surface area (Å²) in [5.74, 6) is -0.0144. The van der Waals surface area contributed by atoms with Crippen molar-refractivity contribution < 1.29 is 14.5 Å². The molecular formula is C18H20N4O4. The number of nitrogens with two attached hydrogens (primary N) is 1. The van der Waals surface area contributed by atoms with Crippen LogP contribution in [-0.2, 0) is 0 Å². The van der Waals surface area contributed by atoms with Gasteiger partial charge in [-0.25, -0.2) is 4.99 Å². The summed E-state index contributed by atoms with van der Waals surface area (Å²) < 4.78 is 5.26. The van der Waals surface area contributed by atoms with Crippen molar-refractivity contribution in [2.75, 3.05) is 7.11 Å². The maximum absolute atomic E-state index is 12.4. The second kappa shape index (κ2) is 7.64. The molecule has 1 amide bonds. The Labute approximate surface area is 150 Å². The molecule has 0 atom stereocenters. The highest BCUT2D eigenvalue weighted by atomic mass is 16.6. The molecule has 2 aromatic carbocycles. The summed E-state index contributed by atoms with van der Waals surface area (Å²) >= 11 is 0. The lowest BCUT2D eigenvalue weighted by molar-refractivity contribution is -0.385. The molecule has 0 radical (unpaired) electrons. The molecule has 3 N–H and O–H groups in total. The van der Waals surface area contributed by atoms with Crippen LogP contribution in [0.25, 0.3) is 0 Å². The highest BCUT2D eigenvalue weighted by Crippen LogP contribution is 2.25. The molecule has 0 aliphatic rings. The van der Waals surface area contributed by atoms with Crippen molar-refractivity contribution in [2.45, 2.75) is 20.8 Å². The SMILES string of the molecule is COc1cc(C(=O)NC(N)=Nc2ccc(C)c([N+](=O)[O-])c2)cc(C)c1C. The fourth-order valence-corrected chi connectivity index (χ4v) is 2.39. The van der Waals surface area contributed by atoms with Gasteiger partial charge in [-0.3, -0.25) is 20.2 Å². The van der Waals surface area contributed by atoms with E-state index in [1.54, 1.807) is 31.2 Å². The Balaban J connectivity index is 2.24. The first kappa shape index (κ1) is 18.9. The summed E-state index contributed by atoms with van der Waals surface area (Å²) in [6.07, 6.45) is 0. The third-order valence-electron chi connectivity index (χ3n) is 3.98. The van der Waals surface area contributed by atoms with E-state index in [2.05, 4.69) is 10.3 Å². The number of nitrogens with one attached hydrogen (secondary N) is 1. The predicted molar refractivity (Wildman–Crippen MR) is 99.1 cm³/mol. The summed E-state index contributed by atoms with van der Waals surface area (Å²) in [5, 5.41) is 13.5. The molecule has 0 bridgehead atoms. The van der Waals surface area contributed by atoms with Crippen molar-refractivity contribution >= 4 is 23.2 Å². The number of carbonyl (C=O) groups excluding carboxylic acids is 1. The fourth-order valence-electron chi connectivity index (χ4n) is 2.39. The van der Waals surface area contributed by atoms with Gasteiger partial charge in [-0.15, -0.1) is 0 Å². The first-order valence-corrected chi connectivity index (χ1v) is 7.78. The zero-order chi connectivity index (χ0) is 19.4. The third-order valence-corrected chi connectivity index (χ3v) is 3.98. The van der Waals surface area contributed by atoms with Crippen LogP contribution in [0.4, 0.5) is 11.4 Å². The second-order valence-corrected chi connectivity index (χ2v) is 5.80. The third kappa shape index (κ3) is 4.15. The minimum absolute atomic E-state index is 0.0655. The zero-order valence-corrected chi connectivity index (χ0v) is 15.0. The van der Waals surface area contributed by atoms with E-state index in [9.17, 15) is 14.9 Å². The summed E-state index contributed by atoms with van der Waals surface area (Å²) in [4.78, 5) is 26.9. The van der Waals surface area contributed by atoms with Crippen LogP contribution in [-0.4, -0.2) is 23.9 Å². The number of rotatable bonds is 4. The number of guanidine groups is 1. The number of hydrogen-bond acceptors (Lipinski definition) is 5. The van der Waals surface area contributed by atoms with Gasteiger partial charge in [0.05, 0.1) is 17.7 Å². The van der Waals surface area contributed by atoms with Gasteiger partial charge in [0.2, 0.25) is 5.96 Å². The van der Waals surface area contributed by atoms with Crippen LogP contribution >= 0.6 is 0 Å². The molecule has 0 fully saturated rings. The molecule has 0 saturated heterocycles. The molecule has 136 valence electrons. The lowest BCUT2D eigenvalue weighted by Gasteiger charge is -2.11. The lowest BCUT2D eigenvalue weighted by Crippen LogP contribution is -2.36. The molecule has 8 nitrogen and oxygen atoms in total. The summed E-state index contributed by atoms with van der Waals surface area (Å²) in [6, 6.07) is 7.78. The topological polar surface area (TPSA) is 120 Å². The lowest BCUT2D eigenvalue weighted by atomic mass is 10.0. The average molecular weight is 356 g/mol. The smallest absolute Gasteiger partial charge is 0.274 e. The largest absolute Gasteiger partial charge is 0.496 e. The van der Waals surface area contributed by atoms with Gasteiger partial charge in [0.1, 0.15) is 5.75 Å². The van der Waals surface area contributed by atoms with Crippen LogP contribution in [0, 0.1) is 30.9 Å². The van der Waals surface area contributed by atoms with Gasteiger partial charge in [0, 0.05) is 17.2 Å². The van der Waals surface area contributed by atoms with E-state index in [4.69, 9.17) is 10.5 Å². The Morgan fingerprint density at radius 1 is 1.19 bits per heavy atom. The number of aliphatic imine (C=N–C) groups is 1. The quantitative estimate of drug-likeness (QED) is 0.378. The van der Waals surface area contributed by atoms with E-state index in [0.29, 0.717) is 16.9 Å². The Morgan fingerprint density at radius 2 is 1.88 bits per heavy atom. The number of carbonyl (C=O) groups is 1. The van der Waals surface area contributed by atoms with Crippen molar-refractivity contribution in [3.8, 4) is 5.75 Å². The standard InChI is InChI=1S/C18H20N4O4/c1-10-5-6-14(9-15(10)22(24)25)20-18(19)21-17(23)13-7-11(2)12(3)16(8-13)26-4/h5-9H,1-4H3,(H3,19,20,21,23). The molecule has 0 unspecified atom stereocenters. The van der Waals surface area contributed by atoms with Crippen LogP contribution in [0.3, 0.4) is 0 Å². The van der Waals surface area contributed by atoms with Gasteiger partial charge in [-0.1, -0.05) is 6.07 Å². The van der Waals surface area contributed by atoms with Gasteiger partial charge in [0.15, 0.2) is 0 Å². The molecule has 0 heterocycles. The molecule has 0 spiro atoms. The summed E-state index contributed by atoms with van der Waals surface area (Å²) in [5.41, 5.74) is 8.70. The number of amides is 1. The number of hydrogen-bond donors (Lipinski definition) is 2. The summed E-state index contributed by atoms with van der Waals surface area (Å²) in [7, 11) is 1.53. The monoisotopic (exact) mass is 356 g/mol. The van der Waals surface area contributed by atoms with Crippen LogP contribution in [0.2, 0.25) is 0 Å². The Hall–Kier alpha value is -3.42. The normalized spacial score (nSPS) is 11.2. The van der Waals surface area contributed by atoms with Crippen LogP contribution in [0.1, 0.15) is 27.0 Å². The number of nitro benzene ring substituents is 1. The van der Waals surface area contributed by atoms with E-state index in [1.165, 1.54) is 13.2 Å². The first-order valence-electron chi connectivity index (χ1n) is 7.78. The number of nitrogens with zero attached hydrogens (tertiary/aromatic N) is 2. The second-order valence-electron chi connectivity index (χ2n) is 5.80. The number of aryl methyl sites for hydroxylation is 2. The van der Waals surface area contributed by atoms with Gasteiger partial charge in [-0.05, 0) is 50.1 Å². The van der Waals surface area contributed by atoms with E-state index in [0.717, 1.165) is 11.1 Å². The van der Waals surface area contributed by atoms with Crippen LogP contribution in [0.5, 0.6) is 5.75 Å². The molecule has 2 rings (SSSR count). The average Bonchev–Trinajstić information content (AvgIpc) is 2.58. The zero-order valence-electron chi connectivity index (χ0n) is 15.0. The van der Waals surface area contributed by atoms with Crippen LogP contribution < -0.4 is 15.8 Å². The molecule has 26 heavy (non-hydrogen) atoms. The molecule has 0 saturated carbocycles. The minimum Gasteiger partial charge on any atom is -0.496 e.